The summed E-state index contributed by atoms with van der Waals surface area (Å²) < 4.78 is 13.1. The van der Waals surface area contributed by atoms with Crippen LogP contribution in [0.25, 0.3) is 0 Å². The lowest BCUT2D eigenvalue weighted by Crippen LogP contribution is -2.09. The molecule has 3 heteroatoms. The molecule has 0 spiro atoms. The van der Waals surface area contributed by atoms with E-state index in [4.69, 9.17) is 5.11 Å². The van der Waals surface area contributed by atoms with Crippen LogP contribution >= 0.6 is 0 Å². The standard InChI is InChI=1S/C11H16FNO/c1-8-3-4-10(7-11(8)12)13-6-5-9(2)14/h3-4,7,9,13-14H,5-6H2,1-2H3. The number of aliphatic hydroxyl groups excluding tert-OH is 1. The smallest absolute Gasteiger partial charge is 0.128 e. The van der Waals surface area contributed by atoms with Crippen molar-refractivity contribution in [3.8, 4) is 0 Å². The van der Waals surface area contributed by atoms with Crippen molar-refractivity contribution >= 4 is 5.69 Å². The number of hydrogen-bond acceptors (Lipinski definition) is 2. The number of hydrogen-bond donors (Lipinski definition) is 2. The first-order valence-corrected chi connectivity index (χ1v) is 4.77. The average Bonchev–Trinajstić information content (AvgIpc) is 2.10. The topological polar surface area (TPSA) is 32.3 Å². The average molecular weight is 197 g/mol. The van der Waals surface area contributed by atoms with Crippen LogP contribution in [0.3, 0.4) is 0 Å². The van der Waals surface area contributed by atoms with Crippen LogP contribution in [0.2, 0.25) is 0 Å². The zero-order valence-electron chi connectivity index (χ0n) is 8.55. The van der Waals surface area contributed by atoms with Gasteiger partial charge in [-0.3, -0.25) is 0 Å². The van der Waals surface area contributed by atoms with Crippen LogP contribution in [0, 0.1) is 12.7 Å². The van der Waals surface area contributed by atoms with Crippen molar-refractivity contribution in [1.82, 2.24) is 0 Å². The number of rotatable bonds is 4. The minimum atomic E-state index is -0.321. The fourth-order valence-corrected chi connectivity index (χ4v) is 1.13. The summed E-state index contributed by atoms with van der Waals surface area (Å²) in [5, 5.41) is 12.1. The van der Waals surface area contributed by atoms with Crippen LogP contribution in [0.15, 0.2) is 18.2 Å². The Hall–Kier alpha value is -1.09. The molecule has 1 atom stereocenters. The molecule has 0 saturated carbocycles. The SMILES string of the molecule is Cc1ccc(NCCC(C)O)cc1F. The van der Waals surface area contributed by atoms with Crippen molar-refractivity contribution in [3.05, 3.63) is 29.6 Å². The van der Waals surface area contributed by atoms with Gasteiger partial charge in [-0.25, -0.2) is 4.39 Å². The fraction of sp³-hybridized carbons (Fsp3) is 0.455. The molecule has 2 nitrogen and oxygen atoms in total. The van der Waals surface area contributed by atoms with Gasteiger partial charge in [0.1, 0.15) is 5.82 Å². The summed E-state index contributed by atoms with van der Waals surface area (Å²) in [4.78, 5) is 0. The number of aryl methyl sites for hydroxylation is 1. The number of benzene rings is 1. The molecule has 1 rings (SSSR count). The lowest BCUT2D eigenvalue weighted by molar-refractivity contribution is 0.189. The predicted octanol–water partition coefficient (Wildman–Crippen LogP) is 2.32. The van der Waals surface area contributed by atoms with E-state index in [9.17, 15) is 4.39 Å². The van der Waals surface area contributed by atoms with E-state index >= 15 is 0 Å². The first-order chi connectivity index (χ1) is 6.59. The van der Waals surface area contributed by atoms with Crippen LogP contribution in [0.1, 0.15) is 18.9 Å². The van der Waals surface area contributed by atoms with Crippen molar-refractivity contribution in [1.29, 1.82) is 0 Å². The van der Waals surface area contributed by atoms with Gasteiger partial charge in [-0.2, -0.15) is 0 Å². The maximum atomic E-state index is 13.1. The largest absolute Gasteiger partial charge is 0.393 e. The summed E-state index contributed by atoms with van der Waals surface area (Å²) in [7, 11) is 0. The molecule has 0 aliphatic carbocycles. The highest BCUT2D eigenvalue weighted by Crippen LogP contribution is 2.13. The van der Waals surface area contributed by atoms with Gasteiger partial charge in [0.25, 0.3) is 0 Å². The Morgan fingerprint density at radius 1 is 1.50 bits per heavy atom. The molecule has 0 amide bonds. The Balaban J connectivity index is 2.47. The lowest BCUT2D eigenvalue weighted by Gasteiger charge is -2.08. The Kier molecular flexibility index (Phi) is 3.89. The summed E-state index contributed by atoms with van der Waals surface area (Å²) in [5.74, 6) is -0.202. The number of anilines is 1. The third kappa shape index (κ3) is 3.34. The van der Waals surface area contributed by atoms with Gasteiger partial charge >= 0.3 is 0 Å². The zero-order valence-corrected chi connectivity index (χ0v) is 8.55. The molecule has 78 valence electrons. The maximum absolute atomic E-state index is 13.1. The predicted molar refractivity (Wildman–Crippen MR) is 55.9 cm³/mol. The highest BCUT2D eigenvalue weighted by molar-refractivity contribution is 5.44. The molecule has 0 heterocycles. The normalized spacial score (nSPS) is 12.6. The maximum Gasteiger partial charge on any atom is 0.128 e. The van der Waals surface area contributed by atoms with E-state index in [1.165, 1.54) is 6.07 Å². The van der Waals surface area contributed by atoms with Crippen molar-refractivity contribution in [3.63, 3.8) is 0 Å². The highest BCUT2D eigenvalue weighted by Gasteiger charge is 1.99. The molecule has 0 bridgehead atoms. The number of halogens is 1. The van der Waals surface area contributed by atoms with Crippen molar-refractivity contribution in [2.45, 2.75) is 26.4 Å². The molecule has 0 saturated heterocycles. The van der Waals surface area contributed by atoms with E-state index in [0.717, 1.165) is 5.69 Å². The number of aliphatic hydroxyl groups is 1. The van der Waals surface area contributed by atoms with E-state index in [1.54, 1.807) is 19.9 Å². The van der Waals surface area contributed by atoms with Crippen LogP contribution in [-0.4, -0.2) is 17.8 Å². The molecule has 0 aromatic heterocycles. The summed E-state index contributed by atoms with van der Waals surface area (Å²) in [6, 6.07) is 5.04. The zero-order chi connectivity index (χ0) is 10.6. The van der Waals surface area contributed by atoms with Crippen LogP contribution in [0.4, 0.5) is 10.1 Å². The highest BCUT2D eigenvalue weighted by atomic mass is 19.1. The molecule has 0 aliphatic heterocycles. The molecule has 0 fully saturated rings. The van der Waals surface area contributed by atoms with Crippen LogP contribution in [-0.2, 0) is 0 Å². The van der Waals surface area contributed by atoms with Crippen molar-refractivity contribution < 1.29 is 9.50 Å². The molecule has 1 unspecified atom stereocenters. The minimum absolute atomic E-state index is 0.202. The lowest BCUT2D eigenvalue weighted by atomic mass is 10.2. The molecule has 1 aromatic rings. The van der Waals surface area contributed by atoms with E-state index in [1.807, 2.05) is 6.07 Å². The van der Waals surface area contributed by atoms with E-state index in [2.05, 4.69) is 5.32 Å². The second-order valence-corrected chi connectivity index (χ2v) is 3.53. The van der Waals surface area contributed by atoms with Gasteiger partial charge in [0.05, 0.1) is 6.10 Å². The third-order valence-electron chi connectivity index (χ3n) is 2.06. The van der Waals surface area contributed by atoms with E-state index in [0.29, 0.717) is 18.5 Å². The van der Waals surface area contributed by atoms with Crippen molar-refractivity contribution in [2.24, 2.45) is 0 Å². The quantitative estimate of drug-likeness (QED) is 0.776. The first kappa shape index (κ1) is 11.0. The number of nitrogens with one attached hydrogen (secondary N) is 1. The third-order valence-corrected chi connectivity index (χ3v) is 2.06. The van der Waals surface area contributed by atoms with Gasteiger partial charge in [-0.05, 0) is 38.0 Å². The monoisotopic (exact) mass is 197 g/mol. The Bertz CT molecular complexity index is 299. The molecule has 1 aromatic carbocycles. The van der Waals surface area contributed by atoms with Gasteiger partial charge in [0.15, 0.2) is 0 Å². The van der Waals surface area contributed by atoms with Gasteiger partial charge in [0, 0.05) is 12.2 Å². The summed E-state index contributed by atoms with van der Waals surface area (Å²) in [6.07, 6.45) is 0.341. The Labute approximate surface area is 83.8 Å². The van der Waals surface area contributed by atoms with Gasteiger partial charge in [-0.1, -0.05) is 6.07 Å². The molecule has 0 radical (unpaired) electrons. The van der Waals surface area contributed by atoms with Crippen molar-refractivity contribution in [2.75, 3.05) is 11.9 Å². The Morgan fingerprint density at radius 3 is 2.79 bits per heavy atom. The van der Waals surface area contributed by atoms with Gasteiger partial charge < -0.3 is 10.4 Å². The van der Waals surface area contributed by atoms with Crippen LogP contribution < -0.4 is 5.32 Å². The molecular formula is C11H16FNO. The van der Waals surface area contributed by atoms with Gasteiger partial charge in [-0.15, -0.1) is 0 Å². The molecular weight excluding hydrogens is 181 g/mol. The summed E-state index contributed by atoms with van der Waals surface area (Å²) >= 11 is 0. The van der Waals surface area contributed by atoms with Gasteiger partial charge in [0.2, 0.25) is 0 Å². The minimum Gasteiger partial charge on any atom is -0.393 e. The summed E-state index contributed by atoms with van der Waals surface area (Å²) in [6.45, 7) is 4.12. The second-order valence-electron chi connectivity index (χ2n) is 3.53. The molecule has 14 heavy (non-hydrogen) atoms. The van der Waals surface area contributed by atoms with Crippen LogP contribution in [0.5, 0.6) is 0 Å². The first-order valence-electron chi connectivity index (χ1n) is 4.77. The van der Waals surface area contributed by atoms with E-state index in [-0.39, 0.29) is 11.9 Å². The van der Waals surface area contributed by atoms with E-state index < -0.39 is 0 Å². The Morgan fingerprint density at radius 2 is 2.21 bits per heavy atom. The second kappa shape index (κ2) is 4.96. The molecule has 0 aliphatic rings. The molecule has 2 N–H and O–H groups in total. The summed E-state index contributed by atoms with van der Waals surface area (Å²) in [5.41, 5.74) is 1.40. The fourth-order valence-electron chi connectivity index (χ4n) is 1.13.